The third-order valence-electron chi connectivity index (χ3n) is 5.03. The molecule has 14 heteroatoms. The zero-order valence-corrected chi connectivity index (χ0v) is 21.6. The molecule has 0 aliphatic heterocycles. The molecule has 0 saturated heterocycles. The van der Waals surface area contributed by atoms with Crippen LogP contribution in [0, 0.1) is 0 Å². The summed E-state index contributed by atoms with van der Waals surface area (Å²) in [7, 11) is -8.62. The van der Waals surface area contributed by atoms with Crippen molar-refractivity contribution in [3.63, 3.8) is 0 Å². The number of rotatable bonds is 8. The van der Waals surface area contributed by atoms with E-state index < -0.39 is 20.0 Å². The summed E-state index contributed by atoms with van der Waals surface area (Å²) in [6.45, 7) is 3.99. The molecular weight excluding hydrogens is 504 g/mol. The van der Waals surface area contributed by atoms with Crippen LogP contribution in [-0.2, 0) is 20.0 Å². The second-order valence-corrected chi connectivity index (χ2v) is 11.8. The lowest BCUT2D eigenvalue weighted by atomic mass is 10.2. The van der Waals surface area contributed by atoms with Gasteiger partial charge in [0.05, 0.1) is 47.4 Å². The van der Waals surface area contributed by atoms with Crippen LogP contribution in [-0.4, -0.2) is 63.6 Å². The van der Waals surface area contributed by atoms with Crippen molar-refractivity contribution in [2.45, 2.75) is 20.3 Å². The van der Waals surface area contributed by atoms with Crippen LogP contribution < -0.4 is 5.01 Å². The second-order valence-electron chi connectivity index (χ2n) is 7.95. The Bertz CT molecular complexity index is 1600. The highest BCUT2D eigenvalue weighted by Gasteiger charge is 2.37. The minimum atomic E-state index is -4.31. The fourth-order valence-corrected chi connectivity index (χ4v) is 6.27. The normalized spacial score (nSPS) is 12.9. The van der Waals surface area contributed by atoms with Gasteiger partial charge in [0.2, 0.25) is 26.0 Å². The summed E-state index contributed by atoms with van der Waals surface area (Å²) in [6.07, 6.45) is 8.20. The van der Waals surface area contributed by atoms with Gasteiger partial charge in [-0.3, -0.25) is 9.98 Å². The average molecular weight is 529 g/mol. The number of hydrogen-bond acceptors (Lipinski definition) is 10. The first kappa shape index (κ1) is 25.3. The molecule has 0 radical (unpaired) electrons. The van der Waals surface area contributed by atoms with Gasteiger partial charge in [0.25, 0.3) is 0 Å². The van der Waals surface area contributed by atoms with Crippen LogP contribution in [0.4, 0.5) is 17.3 Å². The summed E-state index contributed by atoms with van der Waals surface area (Å²) in [4.78, 5) is 17.3. The molecule has 0 bridgehead atoms. The molecule has 36 heavy (non-hydrogen) atoms. The van der Waals surface area contributed by atoms with Crippen LogP contribution in [0.3, 0.4) is 0 Å². The molecule has 3 aromatic heterocycles. The van der Waals surface area contributed by atoms with Crippen LogP contribution in [0.5, 0.6) is 0 Å². The number of pyridine rings is 1. The van der Waals surface area contributed by atoms with Gasteiger partial charge < -0.3 is 0 Å². The van der Waals surface area contributed by atoms with Crippen molar-refractivity contribution >= 4 is 54.1 Å². The molecule has 0 fully saturated rings. The molecule has 0 unspecified atom stereocenters. The van der Waals surface area contributed by atoms with Crippen molar-refractivity contribution in [3.05, 3.63) is 61.2 Å². The summed E-state index contributed by atoms with van der Waals surface area (Å²) in [5, 5.41) is 5.84. The number of sulfonamides is 2. The summed E-state index contributed by atoms with van der Waals surface area (Å²) in [5.74, 6) is -0.201. The molecule has 0 aliphatic carbocycles. The monoisotopic (exact) mass is 528 g/mol. The van der Waals surface area contributed by atoms with E-state index in [1.54, 1.807) is 10.9 Å². The van der Waals surface area contributed by atoms with Crippen molar-refractivity contribution in [1.29, 1.82) is 0 Å². The van der Waals surface area contributed by atoms with Crippen LogP contribution in [0.1, 0.15) is 20.3 Å². The van der Waals surface area contributed by atoms with Gasteiger partial charge in [0, 0.05) is 21.9 Å². The maximum absolute atomic E-state index is 12.6. The summed E-state index contributed by atoms with van der Waals surface area (Å²) < 4.78 is 52.2. The first-order chi connectivity index (χ1) is 17.0. The molecule has 0 amide bonds. The Hall–Kier alpha value is -3.75. The molecular formula is C22H24N8O4S2. The standard InChI is InChI=1S/C22H24N8O4S2/c1-5-16(2)26-18-8-10-19(11-9-18)28-21-17(14-25-28)13-24-22(27-21)29(20-7-6-12-23-15-20)30(35(3,31)32)36(4,33)34/h6-15H,5H2,1-4H3. The molecule has 0 N–H and O–H groups in total. The Kier molecular flexibility index (Phi) is 6.84. The second kappa shape index (κ2) is 9.72. The molecule has 0 aliphatic rings. The van der Waals surface area contributed by atoms with Crippen molar-refractivity contribution in [2.24, 2.45) is 4.99 Å². The fourth-order valence-electron chi connectivity index (χ4n) is 3.37. The van der Waals surface area contributed by atoms with Crippen molar-refractivity contribution < 1.29 is 16.8 Å². The molecule has 1 aromatic carbocycles. The lowest BCUT2D eigenvalue weighted by Gasteiger charge is -2.30. The Morgan fingerprint density at radius 3 is 2.28 bits per heavy atom. The van der Waals surface area contributed by atoms with Crippen molar-refractivity contribution in [3.8, 4) is 5.69 Å². The van der Waals surface area contributed by atoms with Gasteiger partial charge in [0.15, 0.2) is 5.65 Å². The molecule has 12 nitrogen and oxygen atoms in total. The fraction of sp³-hybridized carbons (Fsp3) is 0.227. The predicted octanol–water partition coefficient (Wildman–Crippen LogP) is 2.99. The van der Waals surface area contributed by atoms with Gasteiger partial charge in [-0.25, -0.2) is 31.5 Å². The van der Waals surface area contributed by atoms with E-state index >= 15 is 0 Å². The van der Waals surface area contributed by atoms with E-state index in [0.717, 1.165) is 35.3 Å². The lowest BCUT2D eigenvalue weighted by Crippen LogP contribution is -2.47. The number of anilines is 2. The van der Waals surface area contributed by atoms with Gasteiger partial charge in [-0.15, -0.1) is 0 Å². The van der Waals surface area contributed by atoms with E-state index in [1.165, 1.54) is 30.7 Å². The van der Waals surface area contributed by atoms with E-state index in [4.69, 9.17) is 0 Å². The first-order valence-electron chi connectivity index (χ1n) is 10.7. The number of hydrazine groups is 1. The first-order valence-corrected chi connectivity index (χ1v) is 14.4. The van der Waals surface area contributed by atoms with Crippen LogP contribution in [0.25, 0.3) is 16.7 Å². The summed E-state index contributed by atoms with van der Waals surface area (Å²) in [6, 6.07) is 10.4. The maximum Gasteiger partial charge on any atom is 0.248 e. The Balaban J connectivity index is 1.88. The van der Waals surface area contributed by atoms with E-state index in [1.807, 2.05) is 38.1 Å². The molecule has 188 valence electrons. The van der Waals surface area contributed by atoms with E-state index in [0.29, 0.717) is 16.7 Å². The van der Waals surface area contributed by atoms with E-state index in [-0.39, 0.29) is 15.5 Å². The molecule has 0 saturated carbocycles. The highest BCUT2D eigenvalue weighted by molar-refractivity contribution is 8.03. The summed E-state index contributed by atoms with van der Waals surface area (Å²) >= 11 is 0. The summed E-state index contributed by atoms with van der Waals surface area (Å²) in [5.41, 5.74) is 2.95. The van der Waals surface area contributed by atoms with E-state index in [2.05, 4.69) is 25.0 Å². The highest BCUT2D eigenvalue weighted by Crippen LogP contribution is 2.29. The zero-order chi connectivity index (χ0) is 26.1. The molecule has 4 rings (SSSR count). The predicted molar refractivity (Wildman–Crippen MR) is 138 cm³/mol. The van der Waals surface area contributed by atoms with Gasteiger partial charge in [0.1, 0.15) is 0 Å². The van der Waals surface area contributed by atoms with E-state index in [9.17, 15) is 16.8 Å². The molecule has 3 heterocycles. The van der Waals surface area contributed by atoms with Gasteiger partial charge >= 0.3 is 0 Å². The van der Waals surface area contributed by atoms with Crippen molar-refractivity contribution in [1.82, 2.24) is 28.6 Å². The number of aliphatic imine (C=N–C) groups is 1. The smallest absolute Gasteiger partial charge is 0.248 e. The van der Waals surface area contributed by atoms with Gasteiger partial charge in [-0.05, 0) is 49.7 Å². The Morgan fingerprint density at radius 1 is 1.00 bits per heavy atom. The van der Waals surface area contributed by atoms with Gasteiger partial charge in [-0.1, -0.05) is 6.92 Å². The molecule has 4 aromatic rings. The number of benzene rings is 1. The largest absolute Gasteiger partial charge is 0.262 e. The van der Waals surface area contributed by atoms with Crippen molar-refractivity contribution in [2.75, 3.05) is 17.5 Å². The van der Waals surface area contributed by atoms with Gasteiger partial charge in [-0.2, -0.15) is 10.1 Å². The third kappa shape index (κ3) is 5.24. The molecule has 0 atom stereocenters. The quantitative estimate of drug-likeness (QED) is 0.249. The topological polar surface area (TPSA) is 144 Å². The zero-order valence-electron chi connectivity index (χ0n) is 20.0. The number of aromatic nitrogens is 5. The van der Waals surface area contributed by atoms with Crippen LogP contribution in [0.2, 0.25) is 0 Å². The maximum atomic E-state index is 12.6. The van der Waals surface area contributed by atoms with Crippen LogP contribution >= 0.6 is 0 Å². The SMILES string of the molecule is CCC(C)=Nc1ccc(-n2ncc3cnc(N(c4cccnc4)N(S(C)(=O)=O)S(C)(=O)=O)nc32)cc1. The minimum absolute atomic E-state index is 0.132. The number of nitrogens with zero attached hydrogens (tertiary/aromatic N) is 8. The molecule has 0 spiro atoms. The lowest BCUT2D eigenvalue weighted by molar-refractivity contribution is 0.504. The third-order valence-corrected chi connectivity index (χ3v) is 8.12. The Labute approximate surface area is 209 Å². The minimum Gasteiger partial charge on any atom is -0.262 e. The van der Waals surface area contributed by atoms with Crippen LogP contribution in [0.15, 0.2) is 66.2 Å². The highest BCUT2D eigenvalue weighted by atomic mass is 32.3. The number of hydrogen-bond donors (Lipinski definition) is 0. The Morgan fingerprint density at radius 2 is 1.69 bits per heavy atom. The average Bonchev–Trinajstić information content (AvgIpc) is 3.25. The number of fused-ring (bicyclic) bond motifs is 1.